The average molecular weight is 287 g/mol. The monoisotopic (exact) mass is 287 g/mol. The van der Waals surface area contributed by atoms with Gasteiger partial charge in [0.05, 0.1) is 11.9 Å². The molecule has 20 heavy (non-hydrogen) atoms. The van der Waals surface area contributed by atoms with Crippen molar-refractivity contribution in [2.45, 2.75) is 26.6 Å². The molecule has 1 heterocycles. The first-order valence-electron chi connectivity index (χ1n) is 6.67. The highest BCUT2D eigenvalue weighted by Gasteiger charge is 2.17. The molecular formula is C15H21N3OSi. The van der Waals surface area contributed by atoms with Crippen LogP contribution in [0, 0.1) is 6.92 Å². The van der Waals surface area contributed by atoms with Crippen molar-refractivity contribution in [3.63, 3.8) is 0 Å². The van der Waals surface area contributed by atoms with E-state index in [4.69, 9.17) is 4.43 Å². The predicted octanol–water partition coefficient (Wildman–Crippen LogP) is 3.69. The van der Waals surface area contributed by atoms with Gasteiger partial charge in [-0.05, 0) is 38.7 Å². The van der Waals surface area contributed by atoms with Gasteiger partial charge in [-0.25, -0.2) is 4.98 Å². The highest BCUT2D eigenvalue weighted by Crippen LogP contribution is 2.29. The summed E-state index contributed by atoms with van der Waals surface area (Å²) in [6.07, 6.45) is 3.74. The maximum atomic E-state index is 6.05. The van der Waals surface area contributed by atoms with Crippen LogP contribution in [0.3, 0.4) is 0 Å². The van der Waals surface area contributed by atoms with Crippen LogP contribution in [0.25, 0.3) is 0 Å². The van der Waals surface area contributed by atoms with E-state index in [0.29, 0.717) is 0 Å². The second-order valence-corrected chi connectivity index (χ2v) is 10.2. The summed E-state index contributed by atoms with van der Waals surface area (Å²) in [5.74, 6) is 1.81. The molecule has 0 fully saturated rings. The fourth-order valence-electron chi connectivity index (χ4n) is 1.76. The number of imidazole rings is 1. The molecule has 4 nitrogen and oxygen atoms in total. The summed E-state index contributed by atoms with van der Waals surface area (Å²) in [4.78, 5) is 8.92. The van der Waals surface area contributed by atoms with Crippen molar-refractivity contribution in [1.29, 1.82) is 0 Å². The molecule has 0 spiro atoms. The van der Waals surface area contributed by atoms with Gasteiger partial charge in [0.1, 0.15) is 17.3 Å². The van der Waals surface area contributed by atoms with Crippen LogP contribution in [0.5, 0.6) is 5.75 Å². The highest BCUT2D eigenvalue weighted by molar-refractivity contribution is 6.70. The lowest BCUT2D eigenvalue weighted by Crippen LogP contribution is -2.29. The predicted molar refractivity (Wildman–Crippen MR) is 85.6 cm³/mol. The smallest absolute Gasteiger partial charge is 0.242 e. The van der Waals surface area contributed by atoms with E-state index < -0.39 is 8.32 Å². The molecule has 1 aromatic heterocycles. The zero-order chi connectivity index (χ0) is 14.8. The molecule has 1 aromatic carbocycles. The summed E-state index contributed by atoms with van der Waals surface area (Å²) in [5.41, 5.74) is 1.70. The molecule has 0 radical (unpaired) electrons. The molecule has 0 saturated heterocycles. The third-order valence-corrected chi connectivity index (χ3v) is 3.58. The number of aliphatic imine (C=N–C) groups is 1. The van der Waals surface area contributed by atoms with Gasteiger partial charge in [0.2, 0.25) is 8.32 Å². The van der Waals surface area contributed by atoms with Crippen LogP contribution >= 0.6 is 0 Å². The Labute approximate surface area is 121 Å². The molecule has 0 N–H and O–H groups in total. The summed E-state index contributed by atoms with van der Waals surface area (Å²) < 4.78 is 8.03. The van der Waals surface area contributed by atoms with Gasteiger partial charge in [-0.3, -0.25) is 4.99 Å². The van der Waals surface area contributed by atoms with Crippen LogP contribution < -0.4 is 4.43 Å². The van der Waals surface area contributed by atoms with Gasteiger partial charge in [0.15, 0.2) is 0 Å². The van der Waals surface area contributed by atoms with Crippen LogP contribution in [-0.2, 0) is 7.05 Å². The first-order valence-corrected chi connectivity index (χ1v) is 10.1. The van der Waals surface area contributed by atoms with Gasteiger partial charge < -0.3 is 8.99 Å². The standard InChI is InChI=1S/C15H21N3OSi/c1-12-17-13(11-18(12)2)10-16-14-8-6-7-9-15(14)19-20(3,4)5/h6-11H,1-5H3/b16-10+. The number of hydrogen-bond acceptors (Lipinski definition) is 3. The molecule has 0 aliphatic rings. The van der Waals surface area contributed by atoms with Crippen LogP contribution in [0.2, 0.25) is 19.6 Å². The fraction of sp³-hybridized carbons (Fsp3) is 0.333. The summed E-state index contributed by atoms with van der Waals surface area (Å²) in [7, 11) is 0.338. The minimum atomic E-state index is -1.64. The highest BCUT2D eigenvalue weighted by atomic mass is 28.4. The number of aromatic nitrogens is 2. The van der Waals surface area contributed by atoms with Crippen molar-refractivity contribution >= 4 is 20.2 Å². The molecule has 0 bridgehead atoms. The Balaban J connectivity index is 2.25. The third-order valence-electron chi connectivity index (χ3n) is 2.74. The molecule has 2 rings (SSSR count). The zero-order valence-electron chi connectivity index (χ0n) is 12.7. The number of benzene rings is 1. The van der Waals surface area contributed by atoms with Gasteiger partial charge in [0, 0.05) is 13.2 Å². The van der Waals surface area contributed by atoms with Crippen LogP contribution in [0.1, 0.15) is 11.5 Å². The summed E-state index contributed by atoms with van der Waals surface area (Å²) in [6, 6.07) is 7.86. The Morgan fingerprint density at radius 2 is 1.95 bits per heavy atom. The quantitative estimate of drug-likeness (QED) is 0.635. The lowest BCUT2D eigenvalue weighted by molar-refractivity contribution is 0.559. The van der Waals surface area contributed by atoms with Crippen LogP contribution in [0.15, 0.2) is 35.5 Å². The van der Waals surface area contributed by atoms with Gasteiger partial charge in [-0.1, -0.05) is 12.1 Å². The SMILES string of the molecule is Cc1nc(/C=N/c2ccccc2O[Si](C)(C)C)cn1C. The lowest BCUT2D eigenvalue weighted by Gasteiger charge is -2.20. The molecule has 0 saturated carbocycles. The van der Waals surface area contributed by atoms with Crippen LogP contribution in [0.4, 0.5) is 5.69 Å². The molecular weight excluding hydrogens is 266 g/mol. The van der Waals surface area contributed by atoms with Crippen molar-refractivity contribution in [1.82, 2.24) is 9.55 Å². The number of rotatable bonds is 4. The van der Waals surface area contributed by atoms with Gasteiger partial charge >= 0.3 is 0 Å². The summed E-state index contributed by atoms with van der Waals surface area (Å²) in [6.45, 7) is 8.46. The molecule has 106 valence electrons. The van der Waals surface area contributed by atoms with E-state index in [-0.39, 0.29) is 0 Å². The van der Waals surface area contributed by atoms with E-state index in [0.717, 1.165) is 23.0 Å². The third kappa shape index (κ3) is 3.80. The lowest BCUT2D eigenvalue weighted by atomic mass is 10.3. The first kappa shape index (κ1) is 14.5. The van der Waals surface area contributed by atoms with E-state index in [1.807, 2.05) is 49.0 Å². The Morgan fingerprint density at radius 3 is 2.55 bits per heavy atom. The van der Waals surface area contributed by atoms with Gasteiger partial charge in [0.25, 0.3) is 0 Å². The Kier molecular flexibility index (Phi) is 4.08. The van der Waals surface area contributed by atoms with Crippen molar-refractivity contribution in [3.05, 3.63) is 42.0 Å². The minimum absolute atomic E-state index is 0.843. The average Bonchev–Trinajstić information content (AvgIpc) is 2.66. The second kappa shape index (κ2) is 5.62. The molecule has 0 aliphatic carbocycles. The van der Waals surface area contributed by atoms with E-state index in [1.165, 1.54) is 0 Å². The minimum Gasteiger partial charge on any atom is -0.543 e. The number of nitrogens with zero attached hydrogens (tertiary/aromatic N) is 3. The van der Waals surface area contributed by atoms with Crippen molar-refractivity contribution in [2.24, 2.45) is 12.0 Å². The Bertz CT molecular complexity index is 607. The normalized spacial score (nSPS) is 12.1. The van der Waals surface area contributed by atoms with E-state index in [1.54, 1.807) is 6.21 Å². The van der Waals surface area contributed by atoms with E-state index in [9.17, 15) is 0 Å². The zero-order valence-corrected chi connectivity index (χ0v) is 13.7. The van der Waals surface area contributed by atoms with Crippen LogP contribution in [-0.4, -0.2) is 24.1 Å². The van der Waals surface area contributed by atoms with Crippen molar-refractivity contribution in [3.8, 4) is 5.75 Å². The maximum Gasteiger partial charge on any atom is 0.242 e. The second-order valence-electron chi connectivity index (χ2n) is 5.76. The molecule has 0 aliphatic heterocycles. The fourth-order valence-corrected chi connectivity index (χ4v) is 2.60. The van der Waals surface area contributed by atoms with Gasteiger partial charge in [-0.2, -0.15) is 0 Å². The molecule has 5 heteroatoms. The van der Waals surface area contributed by atoms with E-state index >= 15 is 0 Å². The number of aryl methyl sites for hydroxylation is 2. The number of para-hydroxylation sites is 2. The molecule has 0 amide bonds. The summed E-state index contributed by atoms with van der Waals surface area (Å²) in [5, 5.41) is 0. The molecule has 2 aromatic rings. The van der Waals surface area contributed by atoms with Crippen molar-refractivity contribution in [2.75, 3.05) is 0 Å². The Morgan fingerprint density at radius 1 is 1.25 bits per heavy atom. The molecule has 0 atom stereocenters. The summed E-state index contributed by atoms with van der Waals surface area (Å²) >= 11 is 0. The Hall–Kier alpha value is -1.88. The molecule has 0 unspecified atom stereocenters. The number of hydrogen-bond donors (Lipinski definition) is 0. The first-order chi connectivity index (χ1) is 9.35. The van der Waals surface area contributed by atoms with Crippen molar-refractivity contribution < 1.29 is 4.43 Å². The topological polar surface area (TPSA) is 39.4 Å². The maximum absolute atomic E-state index is 6.05. The largest absolute Gasteiger partial charge is 0.543 e. The van der Waals surface area contributed by atoms with Gasteiger partial charge in [-0.15, -0.1) is 0 Å². The van der Waals surface area contributed by atoms with E-state index in [2.05, 4.69) is 29.6 Å².